The summed E-state index contributed by atoms with van der Waals surface area (Å²) < 4.78 is 5.94. The molecule has 126 valence electrons. The monoisotopic (exact) mass is 325 g/mol. The molecule has 0 radical (unpaired) electrons. The number of hydrogen-bond donors (Lipinski definition) is 1. The van der Waals surface area contributed by atoms with Crippen LogP contribution >= 0.6 is 0 Å². The molecule has 5 heteroatoms. The summed E-state index contributed by atoms with van der Waals surface area (Å²) in [6, 6.07) is 11.6. The van der Waals surface area contributed by atoms with Crippen LogP contribution in [0.25, 0.3) is 0 Å². The predicted molar refractivity (Wildman–Crippen MR) is 94.3 cm³/mol. The van der Waals surface area contributed by atoms with Gasteiger partial charge in [-0.2, -0.15) is 0 Å². The Hall–Kier alpha value is -2.56. The summed E-state index contributed by atoms with van der Waals surface area (Å²) in [5.74, 6) is 0.838. The van der Waals surface area contributed by atoms with Gasteiger partial charge in [-0.3, -0.25) is 4.98 Å². The number of benzene rings is 1. The molecule has 1 aliphatic rings. The molecule has 1 N–H and O–H groups in total. The van der Waals surface area contributed by atoms with E-state index in [0.29, 0.717) is 13.1 Å². The van der Waals surface area contributed by atoms with Gasteiger partial charge in [0.1, 0.15) is 11.9 Å². The third-order valence-electron chi connectivity index (χ3n) is 4.32. The van der Waals surface area contributed by atoms with E-state index in [9.17, 15) is 4.79 Å². The van der Waals surface area contributed by atoms with E-state index in [1.807, 2.05) is 41.3 Å². The Bertz CT molecular complexity index is 667. The van der Waals surface area contributed by atoms with Crippen molar-refractivity contribution in [2.24, 2.45) is 0 Å². The van der Waals surface area contributed by atoms with Crippen LogP contribution in [-0.2, 0) is 6.42 Å². The smallest absolute Gasteiger partial charge is 0.321 e. The second kappa shape index (κ2) is 7.81. The zero-order chi connectivity index (χ0) is 16.8. The third kappa shape index (κ3) is 4.04. The number of hydrogen-bond acceptors (Lipinski definition) is 3. The minimum atomic E-state index is -0.0294. The van der Waals surface area contributed by atoms with E-state index in [0.717, 1.165) is 36.3 Å². The number of aromatic nitrogens is 1. The molecule has 1 aromatic heterocycles. The largest absolute Gasteiger partial charge is 0.490 e. The molecular formula is C19H23N3O2. The summed E-state index contributed by atoms with van der Waals surface area (Å²) in [5.41, 5.74) is 2.06. The molecule has 0 unspecified atom stereocenters. The lowest BCUT2D eigenvalue weighted by atomic mass is 10.1. The van der Waals surface area contributed by atoms with Gasteiger partial charge in [-0.05, 0) is 30.2 Å². The molecule has 2 amide bonds. The Labute approximate surface area is 142 Å². The van der Waals surface area contributed by atoms with Crippen LogP contribution in [0, 0.1) is 0 Å². The molecule has 1 fully saturated rings. The summed E-state index contributed by atoms with van der Waals surface area (Å²) in [4.78, 5) is 18.3. The van der Waals surface area contributed by atoms with Gasteiger partial charge in [0, 0.05) is 44.0 Å². The Morgan fingerprint density at radius 1 is 1.21 bits per heavy atom. The highest BCUT2D eigenvalue weighted by atomic mass is 16.5. The van der Waals surface area contributed by atoms with E-state index >= 15 is 0 Å². The quantitative estimate of drug-likeness (QED) is 0.932. The molecule has 0 aliphatic carbocycles. The van der Waals surface area contributed by atoms with E-state index in [4.69, 9.17) is 4.74 Å². The van der Waals surface area contributed by atoms with Gasteiger partial charge in [0.25, 0.3) is 0 Å². The zero-order valence-electron chi connectivity index (χ0n) is 13.9. The van der Waals surface area contributed by atoms with E-state index < -0.39 is 0 Å². The van der Waals surface area contributed by atoms with Crippen LogP contribution < -0.4 is 10.1 Å². The maximum absolute atomic E-state index is 12.5. The molecule has 0 spiro atoms. The Kier molecular flexibility index (Phi) is 5.31. The fourth-order valence-corrected chi connectivity index (χ4v) is 2.93. The maximum atomic E-state index is 12.5. The second-order valence-corrected chi connectivity index (χ2v) is 5.93. The normalized spacial score (nSPS) is 15.1. The fraction of sp³-hybridized carbons (Fsp3) is 0.368. The van der Waals surface area contributed by atoms with Crippen LogP contribution in [0.3, 0.4) is 0 Å². The molecule has 1 aromatic carbocycles. The second-order valence-electron chi connectivity index (χ2n) is 5.93. The van der Waals surface area contributed by atoms with Crippen molar-refractivity contribution in [2.45, 2.75) is 32.3 Å². The van der Waals surface area contributed by atoms with E-state index in [1.54, 1.807) is 12.4 Å². The average molecular weight is 325 g/mol. The first kappa shape index (κ1) is 16.3. The molecule has 2 heterocycles. The number of ether oxygens (including phenoxy) is 1. The maximum Gasteiger partial charge on any atom is 0.321 e. The topological polar surface area (TPSA) is 54.5 Å². The van der Waals surface area contributed by atoms with Crippen molar-refractivity contribution in [1.82, 2.24) is 9.88 Å². The predicted octanol–water partition coefficient (Wildman–Crippen LogP) is 3.72. The Balaban J connectivity index is 1.52. The standard InChI is InChI=1S/C19H23N3O2/c1-2-15-5-3-4-6-18(15)21-19(23)22-13-9-17(10-14-22)24-16-7-11-20-12-8-16/h3-8,11-12,17H,2,9-10,13-14H2,1H3,(H,21,23). The van der Waals surface area contributed by atoms with Crippen LogP contribution in [0.15, 0.2) is 48.8 Å². The van der Waals surface area contributed by atoms with Gasteiger partial charge in [-0.25, -0.2) is 4.79 Å². The van der Waals surface area contributed by atoms with Crippen molar-refractivity contribution < 1.29 is 9.53 Å². The number of carbonyl (C=O) groups is 1. The van der Waals surface area contributed by atoms with Gasteiger partial charge in [0.05, 0.1) is 0 Å². The van der Waals surface area contributed by atoms with Crippen molar-refractivity contribution in [3.05, 3.63) is 54.4 Å². The minimum Gasteiger partial charge on any atom is -0.490 e. The number of rotatable bonds is 4. The fourth-order valence-electron chi connectivity index (χ4n) is 2.93. The van der Waals surface area contributed by atoms with Crippen molar-refractivity contribution >= 4 is 11.7 Å². The highest BCUT2D eigenvalue weighted by molar-refractivity contribution is 5.90. The van der Waals surface area contributed by atoms with Crippen LogP contribution in [0.2, 0.25) is 0 Å². The first-order valence-electron chi connectivity index (χ1n) is 8.46. The molecule has 2 aromatic rings. The number of carbonyl (C=O) groups excluding carboxylic acids is 1. The van der Waals surface area contributed by atoms with Gasteiger partial charge in [0.15, 0.2) is 0 Å². The molecule has 3 rings (SSSR count). The SMILES string of the molecule is CCc1ccccc1NC(=O)N1CCC(Oc2ccncc2)CC1. The molecule has 0 bridgehead atoms. The highest BCUT2D eigenvalue weighted by Crippen LogP contribution is 2.20. The van der Waals surface area contributed by atoms with Gasteiger partial charge >= 0.3 is 6.03 Å². The van der Waals surface area contributed by atoms with Gasteiger partial charge < -0.3 is 15.0 Å². The molecule has 1 saturated heterocycles. The number of pyridine rings is 1. The summed E-state index contributed by atoms with van der Waals surface area (Å²) >= 11 is 0. The summed E-state index contributed by atoms with van der Waals surface area (Å²) in [7, 11) is 0. The number of piperidine rings is 1. The molecular weight excluding hydrogens is 302 g/mol. The molecule has 1 aliphatic heterocycles. The highest BCUT2D eigenvalue weighted by Gasteiger charge is 2.24. The average Bonchev–Trinajstić information content (AvgIpc) is 2.63. The minimum absolute atomic E-state index is 0.0294. The lowest BCUT2D eigenvalue weighted by molar-refractivity contribution is 0.115. The summed E-state index contributed by atoms with van der Waals surface area (Å²) in [5, 5.41) is 3.03. The Morgan fingerprint density at radius 2 is 1.92 bits per heavy atom. The first-order chi connectivity index (χ1) is 11.8. The van der Waals surface area contributed by atoms with E-state index in [2.05, 4.69) is 17.2 Å². The molecule has 24 heavy (non-hydrogen) atoms. The van der Waals surface area contributed by atoms with Gasteiger partial charge in [-0.1, -0.05) is 25.1 Å². The number of likely N-dealkylation sites (tertiary alicyclic amines) is 1. The van der Waals surface area contributed by atoms with Crippen LogP contribution in [0.5, 0.6) is 5.75 Å². The molecule has 0 atom stereocenters. The number of nitrogens with zero attached hydrogens (tertiary/aromatic N) is 2. The van der Waals surface area contributed by atoms with Gasteiger partial charge in [-0.15, -0.1) is 0 Å². The number of anilines is 1. The summed E-state index contributed by atoms with van der Waals surface area (Å²) in [6.07, 6.45) is 6.18. The van der Waals surface area contributed by atoms with E-state index in [-0.39, 0.29) is 12.1 Å². The molecule has 5 nitrogen and oxygen atoms in total. The van der Waals surface area contributed by atoms with E-state index in [1.165, 1.54) is 0 Å². The zero-order valence-corrected chi connectivity index (χ0v) is 13.9. The van der Waals surface area contributed by atoms with Crippen molar-refractivity contribution in [1.29, 1.82) is 0 Å². The number of amides is 2. The third-order valence-corrected chi connectivity index (χ3v) is 4.32. The molecule has 0 saturated carbocycles. The lowest BCUT2D eigenvalue weighted by Crippen LogP contribution is -2.43. The number of urea groups is 1. The van der Waals surface area contributed by atoms with Crippen molar-refractivity contribution in [3.63, 3.8) is 0 Å². The van der Waals surface area contributed by atoms with Gasteiger partial charge in [0.2, 0.25) is 0 Å². The number of aryl methyl sites for hydroxylation is 1. The number of nitrogens with one attached hydrogen (secondary N) is 1. The summed E-state index contributed by atoms with van der Waals surface area (Å²) in [6.45, 7) is 3.50. The van der Waals surface area contributed by atoms with Crippen molar-refractivity contribution in [3.8, 4) is 5.75 Å². The lowest BCUT2D eigenvalue weighted by Gasteiger charge is -2.32. The van der Waals surface area contributed by atoms with Crippen molar-refractivity contribution in [2.75, 3.05) is 18.4 Å². The first-order valence-corrected chi connectivity index (χ1v) is 8.46. The van der Waals surface area contributed by atoms with Crippen LogP contribution in [-0.4, -0.2) is 35.1 Å². The van der Waals surface area contributed by atoms with Crippen LogP contribution in [0.4, 0.5) is 10.5 Å². The van der Waals surface area contributed by atoms with Crippen LogP contribution in [0.1, 0.15) is 25.3 Å². The number of para-hydroxylation sites is 1. The Morgan fingerprint density at radius 3 is 2.62 bits per heavy atom.